The van der Waals surface area contributed by atoms with Crippen molar-refractivity contribution in [1.29, 1.82) is 0 Å². The zero-order valence-corrected chi connectivity index (χ0v) is 16.8. The summed E-state index contributed by atoms with van der Waals surface area (Å²) in [5.74, 6) is -0.236. The standard InChI is InChI=1S/C20H33N3O4/c1-20(2,3)27-19(26)22-16-8-6-4-5-7-15(16)21-18(25)13-11-17(24)23(12-13)14-9-10-14/h13-16H,4-12H2,1-3H3,(H,21,25)(H,22,26)/t13-,15-,16-/m1/s1. The zero-order chi connectivity index (χ0) is 19.6. The van der Waals surface area contributed by atoms with Crippen molar-refractivity contribution in [2.24, 2.45) is 5.92 Å². The molecule has 0 aromatic heterocycles. The van der Waals surface area contributed by atoms with E-state index in [9.17, 15) is 14.4 Å². The first-order valence-corrected chi connectivity index (χ1v) is 10.3. The van der Waals surface area contributed by atoms with Gasteiger partial charge >= 0.3 is 6.09 Å². The molecule has 7 heteroatoms. The van der Waals surface area contributed by atoms with Gasteiger partial charge in [0.05, 0.1) is 12.0 Å². The third-order valence-corrected chi connectivity index (χ3v) is 5.56. The fourth-order valence-corrected chi connectivity index (χ4v) is 4.06. The fourth-order valence-electron chi connectivity index (χ4n) is 4.06. The van der Waals surface area contributed by atoms with Crippen LogP contribution in [0.2, 0.25) is 0 Å². The topological polar surface area (TPSA) is 87.7 Å². The molecular formula is C20H33N3O4. The van der Waals surface area contributed by atoms with Crippen molar-refractivity contribution in [3.05, 3.63) is 0 Å². The predicted molar refractivity (Wildman–Crippen MR) is 101 cm³/mol. The third kappa shape index (κ3) is 5.59. The second-order valence-electron chi connectivity index (χ2n) is 9.18. The minimum Gasteiger partial charge on any atom is -0.444 e. The molecule has 0 spiro atoms. The molecule has 1 saturated heterocycles. The van der Waals surface area contributed by atoms with Crippen LogP contribution in [-0.2, 0) is 14.3 Å². The van der Waals surface area contributed by atoms with Gasteiger partial charge in [0, 0.05) is 25.0 Å². The van der Waals surface area contributed by atoms with Crippen molar-refractivity contribution in [2.75, 3.05) is 6.54 Å². The number of alkyl carbamates (subject to hydrolysis) is 1. The van der Waals surface area contributed by atoms with E-state index in [0.29, 0.717) is 19.0 Å². The Morgan fingerprint density at radius 2 is 1.63 bits per heavy atom. The normalized spacial score (nSPS) is 29.2. The fraction of sp³-hybridized carbons (Fsp3) is 0.850. The number of carbonyl (C=O) groups excluding carboxylic acids is 3. The maximum Gasteiger partial charge on any atom is 0.407 e. The van der Waals surface area contributed by atoms with Crippen LogP contribution in [0.25, 0.3) is 0 Å². The second-order valence-corrected chi connectivity index (χ2v) is 9.18. The Morgan fingerprint density at radius 1 is 1.00 bits per heavy atom. The van der Waals surface area contributed by atoms with Crippen LogP contribution < -0.4 is 10.6 Å². The van der Waals surface area contributed by atoms with E-state index in [2.05, 4.69) is 10.6 Å². The number of ether oxygens (including phenoxy) is 1. The highest BCUT2D eigenvalue weighted by Gasteiger charge is 2.42. The van der Waals surface area contributed by atoms with E-state index >= 15 is 0 Å². The highest BCUT2D eigenvalue weighted by Crippen LogP contribution is 2.32. The minimum atomic E-state index is -0.552. The van der Waals surface area contributed by atoms with Gasteiger partial charge < -0.3 is 20.3 Å². The Kier molecular flexibility index (Phi) is 5.96. The van der Waals surface area contributed by atoms with Gasteiger partial charge in [-0.3, -0.25) is 9.59 Å². The number of carbonyl (C=O) groups is 3. The van der Waals surface area contributed by atoms with E-state index < -0.39 is 11.7 Å². The minimum absolute atomic E-state index is 0.0608. The molecule has 3 aliphatic rings. The Hall–Kier alpha value is -1.79. The van der Waals surface area contributed by atoms with Crippen LogP contribution in [0.4, 0.5) is 4.79 Å². The lowest BCUT2D eigenvalue weighted by atomic mass is 10.0. The van der Waals surface area contributed by atoms with Crippen molar-refractivity contribution in [1.82, 2.24) is 15.5 Å². The Balaban J connectivity index is 1.57. The van der Waals surface area contributed by atoms with Gasteiger partial charge in [0.2, 0.25) is 11.8 Å². The molecule has 0 aromatic rings. The van der Waals surface area contributed by atoms with Gasteiger partial charge in [0.15, 0.2) is 0 Å². The number of hydrogen-bond donors (Lipinski definition) is 2. The summed E-state index contributed by atoms with van der Waals surface area (Å²) in [7, 11) is 0. The van der Waals surface area contributed by atoms with Gasteiger partial charge in [-0.25, -0.2) is 4.79 Å². The van der Waals surface area contributed by atoms with E-state index in [1.807, 2.05) is 25.7 Å². The molecule has 3 fully saturated rings. The SMILES string of the molecule is CC(C)(C)OC(=O)N[C@@H]1CCCCC[C@H]1NC(=O)[C@@H]1CC(=O)N(C2CC2)C1. The lowest BCUT2D eigenvalue weighted by Gasteiger charge is -2.29. The van der Waals surface area contributed by atoms with Gasteiger partial charge in [0.1, 0.15) is 5.60 Å². The van der Waals surface area contributed by atoms with Crippen molar-refractivity contribution >= 4 is 17.9 Å². The van der Waals surface area contributed by atoms with Gasteiger partial charge in [0.25, 0.3) is 0 Å². The summed E-state index contributed by atoms with van der Waals surface area (Å²) in [5.41, 5.74) is -0.552. The average Bonchev–Trinajstić information content (AvgIpc) is 3.34. The summed E-state index contributed by atoms with van der Waals surface area (Å²) in [6, 6.07) is 0.107. The number of hydrogen-bond acceptors (Lipinski definition) is 4. The van der Waals surface area contributed by atoms with Crippen LogP contribution in [0, 0.1) is 5.92 Å². The van der Waals surface area contributed by atoms with E-state index in [4.69, 9.17) is 4.74 Å². The van der Waals surface area contributed by atoms with Crippen molar-refractivity contribution in [2.45, 2.75) is 95.9 Å². The summed E-state index contributed by atoms with van der Waals surface area (Å²) in [6.07, 6.45) is 6.77. The number of nitrogens with one attached hydrogen (secondary N) is 2. The largest absolute Gasteiger partial charge is 0.444 e. The first kappa shape index (κ1) is 20.0. The number of nitrogens with zero attached hydrogens (tertiary/aromatic N) is 1. The van der Waals surface area contributed by atoms with E-state index in [-0.39, 0.29) is 29.8 Å². The number of likely N-dealkylation sites (tertiary alicyclic amines) is 1. The predicted octanol–water partition coefficient (Wildman–Crippen LogP) is 2.34. The van der Waals surface area contributed by atoms with Gasteiger partial charge in [-0.1, -0.05) is 19.3 Å². The summed E-state index contributed by atoms with van der Waals surface area (Å²) in [4.78, 5) is 39.0. The molecule has 3 atom stereocenters. The Bertz CT molecular complexity index is 582. The van der Waals surface area contributed by atoms with Gasteiger partial charge in [-0.05, 0) is 46.5 Å². The molecule has 2 aliphatic carbocycles. The molecule has 3 rings (SSSR count). The summed E-state index contributed by atoms with van der Waals surface area (Å²) in [6.45, 7) is 6.04. The average molecular weight is 380 g/mol. The van der Waals surface area contributed by atoms with E-state index in [1.165, 1.54) is 0 Å². The van der Waals surface area contributed by atoms with Crippen molar-refractivity contribution < 1.29 is 19.1 Å². The second kappa shape index (κ2) is 8.07. The van der Waals surface area contributed by atoms with E-state index in [0.717, 1.165) is 44.9 Å². The Labute approximate surface area is 161 Å². The summed E-state index contributed by atoms with van der Waals surface area (Å²) in [5, 5.41) is 6.09. The molecular weight excluding hydrogens is 346 g/mol. The maximum absolute atomic E-state index is 12.8. The first-order chi connectivity index (χ1) is 12.7. The lowest BCUT2D eigenvalue weighted by molar-refractivity contribution is -0.129. The molecule has 3 amide bonds. The van der Waals surface area contributed by atoms with Crippen molar-refractivity contribution in [3.63, 3.8) is 0 Å². The van der Waals surface area contributed by atoms with Crippen LogP contribution in [0.1, 0.15) is 72.1 Å². The van der Waals surface area contributed by atoms with Crippen LogP contribution in [0.15, 0.2) is 0 Å². The molecule has 1 aliphatic heterocycles. The first-order valence-electron chi connectivity index (χ1n) is 10.3. The smallest absolute Gasteiger partial charge is 0.407 e. The lowest BCUT2D eigenvalue weighted by Crippen LogP contribution is -2.53. The molecule has 27 heavy (non-hydrogen) atoms. The van der Waals surface area contributed by atoms with Crippen LogP contribution in [0.5, 0.6) is 0 Å². The van der Waals surface area contributed by atoms with Crippen LogP contribution in [-0.4, -0.2) is 53.1 Å². The highest BCUT2D eigenvalue weighted by atomic mass is 16.6. The number of rotatable bonds is 4. The molecule has 2 saturated carbocycles. The number of amides is 3. The molecule has 2 N–H and O–H groups in total. The molecule has 1 heterocycles. The molecule has 152 valence electrons. The third-order valence-electron chi connectivity index (χ3n) is 5.56. The van der Waals surface area contributed by atoms with Crippen molar-refractivity contribution in [3.8, 4) is 0 Å². The van der Waals surface area contributed by atoms with Crippen LogP contribution >= 0.6 is 0 Å². The quantitative estimate of drug-likeness (QED) is 0.734. The maximum atomic E-state index is 12.8. The monoisotopic (exact) mass is 379 g/mol. The molecule has 0 bridgehead atoms. The van der Waals surface area contributed by atoms with Gasteiger partial charge in [-0.2, -0.15) is 0 Å². The van der Waals surface area contributed by atoms with E-state index in [1.54, 1.807) is 0 Å². The summed E-state index contributed by atoms with van der Waals surface area (Å²) >= 11 is 0. The molecule has 0 aromatic carbocycles. The molecule has 0 radical (unpaired) electrons. The Morgan fingerprint density at radius 3 is 2.22 bits per heavy atom. The molecule has 7 nitrogen and oxygen atoms in total. The van der Waals surface area contributed by atoms with Crippen LogP contribution in [0.3, 0.4) is 0 Å². The summed E-state index contributed by atoms with van der Waals surface area (Å²) < 4.78 is 5.38. The highest BCUT2D eigenvalue weighted by molar-refractivity contribution is 5.89. The molecule has 0 unspecified atom stereocenters. The zero-order valence-electron chi connectivity index (χ0n) is 16.8. The van der Waals surface area contributed by atoms with Gasteiger partial charge in [-0.15, -0.1) is 0 Å².